The van der Waals surface area contributed by atoms with E-state index in [4.69, 9.17) is 16.3 Å². The van der Waals surface area contributed by atoms with Crippen LogP contribution in [0.5, 0.6) is 5.75 Å². The molecule has 2 aromatic carbocycles. The van der Waals surface area contributed by atoms with Gasteiger partial charge in [-0.25, -0.2) is 9.07 Å². The zero-order valence-corrected chi connectivity index (χ0v) is 14.9. The number of hydrogen-bond donors (Lipinski definition) is 1. The smallest absolute Gasteiger partial charge is 0.274 e. The van der Waals surface area contributed by atoms with Crippen LogP contribution in [0.1, 0.15) is 21.7 Å². The molecule has 0 atom stereocenters. The van der Waals surface area contributed by atoms with E-state index in [1.165, 1.54) is 23.9 Å². The van der Waals surface area contributed by atoms with Gasteiger partial charge in [0.05, 0.1) is 23.5 Å². The van der Waals surface area contributed by atoms with Crippen molar-refractivity contribution in [2.75, 3.05) is 7.11 Å². The Morgan fingerprint density at radius 2 is 2.08 bits per heavy atom. The highest BCUT2D eigenvalue weighted by Gasteiger charge is 2.18. The summed E-state index contributed by atoms with van der Waals surface area (Å²) in [6.45, 7) is 1.88. The average molecular weight is 375 g/mol. The van der Waals surface area contributed by atoms with Crippen LogP contribution in [-0.4, -0.2) is 28.0 Å². The normalized spacial score (nSPS) is 10.6. The highest BCUT2D eigenvalue weighted by Crippen LogP contribution is 2.21. The monoisotopic (exact) mass is 374 g/mol. The van der Waals surface area contributed by atoms with E-state index >= 15 is 0 Å². The Kier molecular flexibility index (Phi) is 5.18. The van der Waals surface area contributed by atoms with Crippen molar-refractivity contribution in [3.8, 4) is 11.4 Å². The first-order chi connectivity index (χ1) is 12.5. The molecule has 0 unspecified atom stereocenters. The molecule has 0 fully saturated rings. The van der Waals surface area contributed by atoms with Gasteiger partial charge in [-0.15, -0.1) is 5.10 Å². The molecule has 0 bridgehead atoms. The van der Waals surface area contributed by atoms with E-state index in [1.54, 1.807) is 31.2 Å². The standard InChI is InChI=1S/C18H16ClFN4O2/c1-11-17(22-23-24(11)15-6-4-3-5-13(15)19)18(25)21-10-12-7-8-16(26-2)14(20)9-12/h3-9H,10H2,1-2H3,(H,21,25). The Balaban J connectivity index is 1.75. The van der Waals surface area contributed by atoms with Crippen molar-refractivity contribution in [3.05, 3.63) is 70.3 Å². The van der Waals surface area contributed by atoms with Crippen LogP contribution in [0, 0.1) is 12.7 Å². The summed E-state index contributed by atoms with van der Waals surface area (Å²) in [7, 11) is 1.39. The average Bonchev–Trinajstić information content (AvgIpc) is 3.01. The van der Waals surface area contributed by atoms with Crippen LogP contribution in [-0.2, 0) is 6.54 Å². The molecule has 1 N–H and O–H groups in total. The lowest BCUT2D eigenvalue weighted by molar-refractivity contribution is 0.0945. The first-order valence-corrected chi connectivity index (χ1v) is 8.17. The van der Waals surface area contributed by atoms with E-state index < -0.39 is 11.7 Å². The zero-order chi connectivity index (χ0) is 18.7. The number of hydrogen-bond acceptors (Lipinski definition) is 4. The number of carbonyl (C=O) groups excluding carboxylic acids is 1. The molecule has 1 amide bonds. The number of benzene rings is 2. The van der Waals surface area contributed by atoms with Crippen LogP contribution in [0.15, 0.2) is 42.5 Å². The summed E-state index contributed by atoms with van der Waals surface area (Å²) in [5.74, 6) is -0.740. The highest BCUT2D eigenvalue weighted by atomic mass is 35.5. The number of aromatic nitrogens is 3. The van der Waals surface area contributed by atoms with Gasteiger partial charge in [0.25, 0.3) is 5.91 Å². The maximum Gasteiger partial charge on any atom is 0.274 e. The number of methoxy groups -OCH3 is 1. The molecule has 0 spiro atoms. The van der Waals surface area contributed by atoms with E-state index in [2.05, 4.69) is 15.6 Å². The fraction of sp³-hybridized carbons (Fsp3) is 0.167. The molecule has 3 rings (SSSR count). The number of rotatable bonds is 5. The van der Waals surface area contributed by atoms with Crippen LogP contribution in [0.3, 0.4) is 0 Å². The predicted octanol–water partition coefficient (Wildman–Crippen LogP) is 3.31. The van der Waals surface area contributed by atoms with Gasteiger partial charge in [0.15, 0.2) is 17.3 Å². The summed E-state index contributed by atoms with van der Waals surface area (Å²) in [5.41, 5.74) is 1.97. The molecule has 1 heterocycles. The summed E-state index contributed by atoms with van der Waals surface area (Å²) in [5, 5.41) is 11.1. The van der Waals surface area contributed by atoms with E-state index in [0.29, 0.717) is 22.0 Å². The number of ether oxygens (including phenoxy) is 1. The molecule has 0 aliphatic carbocycles. The second-order valence-corrected chi connectivity index (χ2v) is 5.95. The summed E-state index contributed by atoms with van der Waals surface area (Å²) in [6.07, 6.45) is 0. The predicted molar refractivity (Wildman–Crippen MR) is 95.2 cm³/mol. The molecule has 0 radical (unpaired) electrons. The largest absolute Gasteiger partial charge is 0.494 e. The van der Waals surface area contributed by atoms with Gasteiger partial charge in [-0.2, -0.15) is 0 Å². The van der Waals surface area contributed by atoms with Crippen LogP contribution in [0.25, 0.3) is 5.69 Å². The quantitative estimate of drug-likeness (QED) is 0.744. The van der Waals surface area contributed by atoms with Crippen molar-refractivity contribution in [2.45, 2.75) is 13.5 Å². The molecular formula is C18H16ClFN4O2. The SMILES string of the molecule is COc1ccc(CNC(=O)c2nnn(-c3ccccc3Cl)c2C)cc1F. The molecule has 8 heteroatoms. The highest BCUT2D eigenvalue weighted by molar-refractivity contribution is 6.32. The molecule has 3 aromatic rings. The molecule has 0 saturated carbocycles. The molecule has 0 aliphatic rings. The Labute approximate surface area is 154 Å². The third-order valence-corrected chi connectivity index (χ3v) is 4.18. The molecule has 0 saturated heterocycles. The van der Waals surface area contributed by atoms with E-state index in [9.17, 15) is 9.18 Å². The number of halogens is 2. The van der Waals surface area contributed by atoms with E-state index in [0.717, 1.165) is 0 Å². The Morgan fingerprint density at radius 1 is 1.31 bits per heavy atom. The van der Waals surface area contributed by atoms with Gasteiger partial charge in [0.1, 0.15) is 0 Å². The van der Waals surface area contributed by atoms with E-state index in [-0.39, 0.29) is 18.0 Å². The minimum absolute atomic E-state index is 0.151. The van der Waals surface area contributed by atoms with Crippen molar-refractivity contribution < 1.29 is 13.9 Å². The summed E-state index contributed by atoms with van der Waals surface area (Å²) in [6, 6.07) is 11.6. The fourth-order valence-corrected chi connectivity index (χ4v) is 2.69. The summed E-state index contributed by atoms with van der Waals surface area (Å²) < 4.78 is 20.1. The second-order valence-electron chi connectivity index (χ2n) is 5.54. The Hall–Kier alpha value is -2.93. The topological polar surface area (TPSA) is 69.0 Å². The van der Waals surface area contributed by atoms with Gasteiger partial charge < -0.3 is 10.1 Å². The van der Waals surface area contributed by atoms with Gasteiger partial charge in [-0.05, 0) is 36.8 Å². The molecular weight excluding hydrogens is 359 g/mol. The van der Waals surface area contributed by atoms with Crippen LogP contribution >= 0.6 is 11.6 Å². The number of nitrogens with zero attached hydrogens (tertiary/aromatic N) is 3. The first-order valence-electron chi connectivity index (χ1n) is 7.79. The number of para-hydroxylation sites is 1. The lowest BCUT2D eigenvalue weighted by atomic mass is 10.2. The van der Waals surface area contributed by atoms with Gasteiger partial charge >= 0.3 is 0 Å². The zero-order valence-electron chi connectivity index (χ0n) is 14.2. The third-order valence-electron chi connectivity index (χ3n) is 3.86. The minimum atomic E-state index is -0.486. The minimum Gasteiger partial charge on any atom is -0.494 e. The lowest BCUT2D eigenvalue weighted by Gasteiger charge is -2.07. The fourth-order valence-electron chi connectivity index (χ4n) is 2.48. The van der Waals surface area contributed by atoms with Crippen molar-refractivity contribution >= 4 is 17.5 Å². The van der Waals surface area contributed by atoms with Crippen LogP contribution in [0.2, 0.25) is 5.02 Å². The van der Waals surface area contributed by atoms with Gasteiger partial charge in [0, 0.05) is 6.54 Å². The van der Waals surface area contributed by atoms with Crippen molar-refractivity contribution in [1.82, 2.24) is 20.3 Å². The molecule has 6 nitrogen and oxygen atoms in total. The summed E-state index contributed by atoms with van der Waals surface area (Å²) in [4.78, 5) is 12.4. The molecule has 26 heavy (non-hydrogen) atoms. The van der Waals surface area contributed by atoms with Gasteiger partial charge in [-0.1, -0.05) is 35.0 Å². The van der Waals surface area contributed by atoms with Gasteiger partial charge in [-0.3, -0.25) is 4.79 Å². The second kappa shape index (κ2) is 7.53. The Bertz CT molecular complexity index is 958. The number of amides is 1. The van der Waals surface area contributed by atoms with Crippen LogP contribution < -0.4 is 10.1 Å². The maximum atomic E-state index is 13.7. The Morgan fingerprint density at radius 3 is 2.77 bits per heavy atom. The van der Waals surface area contributed by atoms with Gasteiger partial charge in [0.2, 0.25) is 0 Å². The summed E-state index contributed by atoms with van der Waals surface area (Å²) >= 11 is 6.17. The van der Waals surface area contributed by atoms with Crippen molar-refractivity contribution in [1.29, 1.82) is 0 Å². The number of nitrogens with one attached hydrogen (secondary N) is 1. The number of carbonyl (C=O) groups is 1. The van der Waals surface area contributed by atoms with Crippen molar-refractivity contribution in [3.63, 3.8) is 0 Å². The first kappa shape index (κ1) is 17.9. The maximum absolute atomic E-state index is 13.7. The lowest BCUT2D eigenvalue weighted by Crippen LogP contribution is -2.24. The third kappa shape index (κ3) is 3.52. The van der Waals surface area contributed by atoms with E-state index in [1.807, 2.05) is 6.07 Å². The molecule has 1 aromatic heterocycles. The molecule has 134 valence electrons. The molecule has 0 aliphatic heterocycles. The van der Waals surface area contributed by atoms with Crippen molar-refractivity contribution in [2.24, 2.45) is 0 Å². The van der Waals surface area contributed by atoms with Crippen LogP contribution in [0.4, 0.5) is 4.39 Å².